The van der Waals surface area contributed by atoms with E-state index in [1.165, 1.54) is 6.07 Å². The van der Waals surface area contributed by atoms with Crippen LogP contribution in [0.15, 0.2) is 18.2 Å². The normalized spacial score (nSPS) is 11.8. The van der Waals surface area contributed by atoms with Crippen molar-refractivity contribution in [2.45, 2.75) is 38.9 Å². The van der Waals surface area contributed by atoms with Gasteiger partial charge in [0, 0.05) is 5.02 Å². The molecule has 0 radical (unpaired) electrons. The van der Waals surface area contributed by atoms with Crippen molar-refractivity contribution in [1.82, 2.24) is 0 Å². The third kappa shape index (κ3) is 2.26. The van der Waals surface area contributed by atoms with Crippen molar-refractivity contribution >= 4 is 24.9 Å². The number of rotatable bonds is 4. The van der Waals surface area contributed by atoms with E-state index in [-0.39, 0.29) is 5.82 Å². The maximum absolute atomic E-state index is 13.9. The molecule has 0 aromatic heterocycles. The first-order valence-electron chi connectivity index (χ1n) is 5.55. The number of hydrogen-bond donors (Lipinski definition) is 0. The van der Waals surface area contributed by atoms with Gasteiger partial charge in [-0.25, -0.2) is 4.39 Å². The molecule has 0 heterocycles. The lowest BCUT2D eigenvalue weighted by atomic mass is 10.3. The summed E-state index contributed by atoms with van der Waals surface area (Å²) in [6.07, 6.45) is 0. The molecule has 0 atom stereocenters. The van der Waals surface area contributed by atoms with Crippen LogP contribution < -0.4 is 5.19 Å². The largest absolute Gasteiger partial charge is 0.207 e. The van der Waals surface area contributed by atoms with Gasteiger partial charge in [0.25, 0.3) is 0 Å². The van der Waals surface area contributed by atoms with Crippen molar-refractivity contribution in [2.24, 2.45) is 0 Å². The summed E-state index contributed by atoms with van der Waals surface area (Å²) in [5.41, 5.74) is 0. The summed E-state index contributed by atoms with van der Waals surface area (Å²) in [5.74, 6) is -0.111. The van der Waals surface area contributed by atoms with Crippen molar-refractivity contribution in [1.29, 1.82) is 0 Å². The molecule has 0 saturated heterocycles. The Hall–Kier alpha value is -0.343. The quantitative estimate of drug-likeness (QED) is 0.697. The summed E-state index contributed by atoms with van der Waals surface area (Å²) in [5, 5.41) is 1.45. The Kier molecular flexibility index (Phi) is 4.35. The van der Waals surface area contributed by atoms with E-state index in [9.17, 15) is 4.39 Å². The molecule has 0 amide bonds. The second kappa shape index (κ2) is 5.13. The molecule has 0 nitrogen and oxygen atoms in total. The van der Waals surface area contributed by atoms with Gasteiger partial charge in [-0.3, -0.25) is 0 Å². The summed E-state index contributed by atoms with van der Waals surface area (Å²) in [7, 11) is -1.69. The summed E-state index contributed by atoms with van der Waals surface area (Å²) >= 11 is 6.14. The Morgan fingerprint density at radius 3 is 2.07 bits per heavy atom. The van der Waals surface area contributed by atoms with Gasteiger partial charge in [-0.2, -0.15) is 0 Å². The number of hydrogen-bond acceptors (Lipinski definition) is 0. The maximum atomic E-state index is 13.9. The Balaban J connectivity index is 3.34. The maximum Gasteiger partial charge on any atom is 0.123 e. The van der Waals surface area contributed by atoms with Crippen LogP contribution in [0, 0.1) is 5.82 Å². The van der Waals surface area contributed by atoms with Crippen LogP contribution in [0.2, 0.25) is 23.2 Å². The molecule has 0 aliphatic carbocycles. The molecular weight excluding hydrogens is 227 g/mol. The lowest BCUT2D eigenvalue weighted by Gasteiger charge is -2.29. The first-order chi connectivity index (χ1) is 7.11. The van der Waals surface area contributed by atoms with Crippen LogP contribution in [0.25, 0.3) is 0 Å². The van der Waals surface area contributed by atoms with E-state index in [1.807, 2.05) is 6.07 Å². The molecule has 1 aromatic rings. The van der Waals surface area contributed by atoms with E-state index in [1.54, 1.807) is 6.07 Å². The van der Waals surface area contributed by atoms with Gasteiger partial charge in [0.05, 0.1) is 8.07 Å². The molecule has 0 N–H and O–H groups in total. The van der Waals surface area contributed by atoms with Gasteiger partial charge in [-0.05, 0) is 17.3 Å². The Labute approximate surface area is 97.5 Å². The zero-order valence-electron chi connectivity index (χ0n) is 9.61. The minimum absolute atomic E-state index is 0.111. The van der Waals surface area contributed by atoms with Crippen LogP contribution >= 0.6 is 11.6 Å². The molecule has 15 heavy (non-hydrogen) atoms. The highest BCUT2D eigenvalue weighted by Gasteiger charge is 2.33. The van der Waals surface area contributed by atoms with Gasteiger partial charge in [-0.15, -0.1) is 0 Å². The summed E-state index contributed by atoms with van der Waals surface area (Å²) in [4.78, 5) is 0. The molecule has 0 saturated carbocycles. The molecule has 0 aliphatic rings. The predicted molar refractivity (Wildman–Crippen MR) is 68.2 cm³/mol. The van der Waals surface area contributed by atoms with Crippen LogP contribution in [-0.4, -0.2) is 8.07 Å². The molecule has 84 valence electrons. The van der Waals surface area contributed by atoms with Gasteiger partial charge in [-0.1, -0.05) is 56.6 Å². The monoisotopic (exact) mass is 244 g/mol. The summed E-state index contributed by atoms with van der Waals surface area (Å²) in [6, 6.07) is 8.19. The van der Waals surface area contributed by atoms with Crippen molar-refractivity contribution in [3.8, 4) is 0 Å². The Morgan fingerprint density at radius 1 is 1.13 bits per heavy atom. The third-order valence-electron chi connectivity index (χ3n) is 3.52. The molecule has 0 fully saturated rings. The molecular formula is C12H18ClFSi. The Morgan fingerprint density at radius 2 is 1.67 bits per heavy atom. The fraction of sp³-hybridized carbons (Fsp3) is 0.500. The van der Waals surface area contributed by atoms with Crippen LogP contribution in [0.4, 0.5) is 4.39 Å². The molecule has 0 bridgehead atoms. The fourth-order valence-electron chi connectivity index (χ4n) is 2.28. The van der Waals surface area contributed by atoms with Crippen LogP contribution in [0.5, 0.6) is 0 Å². The second-order valence-electron chi connectivity index (χ2n) is 3.94. The van der Waals surface area contributed by atoms with Gasteiger partial charge in [0.15, 0.2) is 0 Å². The van der Waals surface area contributed by atoms with E-state index >= 15 is 0 Å². The molecule has 0 spiro atoms. The van der Waals surface area contributed by atoms with E-state index in [0.717, 1.165) is 23.3 Å². The standard InChI is InChI=1S/C12H18ClFSi/c1-4-15(5-2,6-3)12-10(13)8-7-9-11(12)14/h7-9H,4-6H2,1-3H3. The van der Waals surface area contributed by atoms with Crippen molar-refractivity contribution in [3.63, 3.8) is 0 Å². The topological polar surface area (TPSA) is 0 Å². The predicted octanol–water partition coefficient (Wildman–Crippen LogP) is 4.19. The van der Waals surface area contributed by atoms with Gasteiger partial charge >= 0.3 is 0 Å². The first kappa shape index (κ1) is 12.7. The minimum atomic E-state index is -1.69. The van der Waals surface area contributed by atoms with E-state index in [4.69, 9.17) is 11.6 Å². The molecule has 1 aromatic carbocycles. The minimum Gasteiger partial charge on any atom is -0.207 e. The average molecular weight is 245 g/mol. The van der Waals surface area contributed by atoms with Crippen molar-refractivity contribution in [2.75, 3.05) is 0 Å². The Bertz CT molecular complexity index is 306. The highest BCUT2D eigenvalue weighted by Crippen LogP contribution is 2.25. The average Bonchev–Trinajstić information content (AvgIpc) is 2.24. The zero-order chi connectivity index (χ0) is 11.5. The number of halogens is 2. The molecule has 0 unspecified atom stereocenters. The molecule has 0 aliphatic heterocycles. The van der Waals surface area contributed by atoms with Gasteiger partial charge in [0.1, 0.15) is 5.82 Å². The fourth-order valence-corrected chi connectivity index (χ4v) is 6.79. The van der Waals surface area contributed by atoms with E-state index in [2.05, 4.69) is 20.8 Å². The molecule has 3 heteroatoms. The smallest absolute Gasteiger partial charge is 0.123 e. The SMILES string of the molecule is CC[Si](CC)(CC)c1c(F)cccc1Cl. The first-order valence-corrected chi connectivity index (χ1v) is 8.55. The van der Waals surface area contributed by atoms with Crippen LogP contribution in [0.3, 0.4) is 0 Å². The lowest BCUT2D eigenvalue weighted by Crippen LogP contribution is -2.48. The highest BCUT2D eigenvalue weighted by molar-refractivity contribution is 6.93. The van der Waals surface area contributed by atoms with Crippen LogP contribution in [-0.2, 0) is 0 Å². The second-order valence-corrected chi connectivity index (χ2v) is 9.53. The zero-order valence-corrected chi connectivity index (χ0v) is 11.4. The summed E-state index contributed by atoms with van der Waals surface area (Å²) in [6.45, 7) is 6.46. The summed E-state index contributed by atoms with van der Waals surface area (Å²) < 4.78 is 13.9. The third-order valence-corrected chi connectivity index (χ3v) is 9.63. The van der Waals surface area contributed by atoms with Crippen LogP contribution in [0.1, 0.15) is 20.8 Å². The van der Waals surface area contributed by atoms with Crippen molar-refractivity contribution < 1.29 is 4.39 Å². The van der Waals surface area contributed by atoms with E-state index < -0.39 is 8.07 Å². The van der Waals surface area contributed by atoms with Gasteiger partial charge in [0.2, 0.25) is 0 Å². The lowest BCUT2D eigenvalue weighted by molar-refractivity contribution is 0.634. The molecule has 1 rings (SSSR count). The number of benzene rings is 1. The van der Waals surface area contributed by atoms with Gasteiger partial charge < -0.3 is 0 Å². The van der Waals surface area contributed by atoms with Crippen molar-refractivity contribution in [3.05, 3.63) is 29.0 Å². The van der Waals surface area contributed by atoms with E-state index in [0.29, 0.717) is 5.02 Å². The highest BCUT2D eigenvalue weighted by atomic mass is 35.5.